The summed E-state index contributed by atoms with van der Waals surface area (Å²) < 4.78 is 41.2. The van der Waals surface area contributed by atoms with Gasteiger partial charge < -0.3 is 10.1 Å². The summed E-state index contributed by atoms with van der Waals surface area (Å²) >= 11 is 0. The molecule has 1 fully saturated rings. The molecule has 1 atom stereocenters. The summed E-state index contributed by atoms with van der Waals surface area (Å²) in [6.07, 6.45) is 2.83. The highest BCUT2D eigenvalue weighted by Gasteiger charge is 2.19. The van der Waals surface area contributed by atoms with E-state index in [1.165, 1.54) is 6.07 Å². The third kappa shape index (κ3) is 4.39. The number of carbonyl (C=O) groups is 1. The first-order chi connectivity index (χ1) is 9.88. The molecule has 1 unspecified atom stereocenters. The van der Waals surface area contributed by atoms with E-state index in [4.69, 9.17) is 15.4 Å². The minimum Gasteiger partial charge on any atom is -0.378 e. The molecule has 0 bridgehead atoms. The SMILES string of the molecule is O=C(NCCC1CCCO1)c1ccc(F)c(S(=O)(=O)Cl)c1. The standard InChI is InChI=1S/C13H15ClFNO4S/c14-21(18,19)12-8-9(3-4-11(12)15)13(17)16-6-5-10-2-1-7-20-10/h3-4,8,10H,1-2,5-7H2,(H,16,17). The van der Waals surface area contributed by atoms with Crippen LogP contribution in [0.25, 0.3) is 0 Å². The molecule has 0 aromatic heterocycles. The predicted molar refractivity (Wildman–Crippen MR) is 75.4 cm³/mol. The maximum Gasteiger partial charge on any atom is 0.264 e. The average molecular weight is 336 g/mol. The van der Waals surface area contributed by atoms with Crippen molar-refractivity contribution in [2.24, 2.45) is 0 Å². The summed E-state index contributed by atoms with van der Waals surface area (Å²) in [6, 6.07) is 3.05. The third-order valence-corrected chi connectivity index (χ3v) is 4.57. The predicted octanol–water partition coefficient (Wildman–Crippen LogP) is 2.05. The van der Waals surface area contributed by atoms with Crippen LogP contribution in [0.3, 0.4) is 0 Å². The van der Waals surface area contributed by atoms with E-state index in [-0.39, 0.29) is 11.7 Å². The van der Waals surface area contributed by atoms with Crippen LogP contribution in [-0.2, 0) is 13.8 Å². The second kappa shape index (κ2) is 6.72. The lowest BCUT2D eigenvalue weighted by Gasteiger charge is -2.10. The topological polar surface area (TPSA) is 72.5 Å². The van der Waals surface area contributed by atoms with Crippen LogP contribution < -0.4 is 5.32 Å². The molecule has 1 aliphatic rings. The van der Waals surface area contributed by atoms with Crippen molar-refractivity contribution < 1.29 is 22.3 Å². The lowest BCUT2D eigenvalue weighted by molar-refractivity contribution is 0.0907. The highest BCUT2D eigenvalue weighted by atomic mass is 35.7. The zero-order valence-corrected chi connectivity index (χ0v) is 12.7. The van der Waals surface area contributed by atoms with Gasteiger partial charge in [0.25, 0.3) is 15.0 Å². The number of amides is 1. The Labute approximate surface area is 126 Å². The van der Waals surface area contributed by atoms with Gasteiger partial charge in [-0.15, -0.1) is 0 Å². The Morgan fingerprint density at radius 1 is 1.48 bits per heavy atom. The molecule has 1 saturated heterocycles. The van der Waals surface area contributed by atoms with Crippen molar-refractivity contribution in [3.05, 3.63) is 29.6 Å². The number of nitrogens with one attached hydrogen (secondary N) is 1. The monoisotopic (exact) mass is 335 g/mol. The van der Waals surface area contributed by atoms with Crippen LogP contribution in [-0.4, -0.2) is 33.6 Å². The maximum absolute atomic E-state index is 13.4. The van der Waals surface area contributed by atoms with E-state index in [9.17, 15) is 17.6 Å². The number of rotatable bonds is 5. The molecular weight excluding hydrogens is 321 g/mol. The largest absolute Gasteiger partial charge is 0.378 e. The summed E-state index contributed by atoms with van der Waals surface area (Å²) in [7, 11) is 0.889. The summed E-state index contributed by atoms with van der Waals surface area (Å²) in [5.74, 6) is -1.46. The van der Waals surface area contributed by atoms with Crippen LogP contribution in [0, 0.1) is 5.82 Å². The smallest absolute Gasteiger partial charge is 0.264 e. The lowest BCUT2D eigenvalue weighted by atomic mass is 10.1. The molecule has 1 heterocycles. The van der Waals surface area contributed by atoms with E-state index in [0.29, 0.717) is 13.0 Å². The molecule has 0 spiro atoms. The fraction of sp³-hybridized carbons (Fsp3) is 0.462. The van der Waals surface area contributed by atoms with Crippen molar-refractivity contribution >= 4 is 25.6 Å². The fourth-order valence-electron chi connectivity index (χ4n) is 2.15. The van der Waals surface area contributed by atoms with Gasteiger partial charge in [-0.3, -0.25) is 4.79 Å². The first-order valence-corrected chi connectivity index (χ1v) is 8.83. The zero-order chi connectivity index (χ0) is 15.5. The summed E-state index contributed by atoms with van der Waals surface area (Å²) in [5.41, 5.74) is 0.0444. The van der Waals surface area contributed by atoms with Crippen LogP contribution in [0.5, 0.6) is 0 Å². The highest BCUT2D eigenvalue weighted by molar-refractivity contribution is 8.13. The average Bonchev–Trinajstić information content (AvgIpc) is 2.91. The van der Waals surface area contributed by atoms with Crippen molar-refractivity contribution in [2.75, 3.05) is 13.2 Å². The van der Waals surface area contributed by atoms with Crippen molar-refractivity contribution in [3.63, 3.8) is 0 Å². The summed E-state index contributed by atoms with van der Waals surface area (Å²) in [5, 5.41) is 2.64. The minimum atomic E-state index is -4.23. The van der Waals surface area contributed by atoms with Gasteiger partial charge in [-0.25, -0.2) is 12.8 Å². The van der Waals surface area contributed by atoms with Crippen LogP contribution in [0.15, 0.2) is 23.1 Å². The van der Waals surface area contributed by atoms with E-state index in [2.05, 4.69) is 5.32 Å². The number of halogens is 2. The first-order valence-electron chi connectivity index (χ1n) is 6.52. The number of hydrogen-bond acceptors (Lipinski definition) is 4. The molecule has 0 aliphatic carbocycles. The van der Waals surface area contributed by atoms with Gasteiger partial charge in [0.2, 0.25) is 0 Å². The molecule has 1 aromatic carbocycles. The van der Waals surface area contributed by atoms with E-state index in [1.807, 2.05) is 0 Å². The minimum absolute atomic E-state index is 0.0444. The van der Waals surface area contributed by atoms with E-state index in [1.54, 1.807) is 0 Å². The molecule has 2 rings (SSSR count). The molecule has 8 heteroatoms. The van der Waals surface area contributed by atoms with Crippen molar-refractivity contribution in [3.8, 4) is 0 Å². The van der Waals surface area contributed by atoms with E-state index < -0.39 is 25.7 Å². The van der Waals surface area contributed by atoms with Crippen molar-refractivity contribution in [2.45, 2.75) is 30.3 Å². The van der Waals surface area contributed by atoms with Crippen molar-refractivity contribution in [1.29, 1.82) is 0 Å². The molecule has 21 heavy (non-hydrogen) atoms. The number of carbonyl (C=O) groups excluding carboxylic acids is 1. The van der Waals surface area contributed by atoms with Crippen molar-refractivity contribution in [1.82, 2.24) is 5.32 Å². The second-order valence-electron chi connectivity index (χ2n) is 4.76. The van der Waals surface area contributed by atoms with Crippen LogP contribution in [0.2, 0.25) is 0 Å². The van der Waals surface area contributed by atoms with Gasteiger partial charge in [-0.2, -0.15) is 0 Å². The maximum atomic E-state index is 13.4. The molecule has 1 N–H and O–H groups in total. The Morgan fingerprint density at radius 2 is 2.24 bits per heavy atom. The first kappa shape index (κ1) is 16.2. The van der Waals surface area contributed by atoms with Gasteiger partial charge in [0.1, 0.15) is 10.7 Å². The van der Waals surface area contributed by atoms with Gasteiger partial charge >= 0.3 is 0 Å². The Bertz CT molecular complexity index is 629. The van der Waals surface area contributed by atoms with Gasteiger partial charge in [0.05, 0.1) is 6.10 Å². The van der Waals surface area contributed by atoms with Crippen LogP contribution in [0.4, 0.5) is 4.39 Å². The highest BCUT2D eigenvalue weighted by Crippen LogP contribution is 2.20. The van der Waals surface area contributed by atoms with Crippen LogP contribution >= 0.6 is 10.7 Å². The summed E-state index contributed by atoms with van der Waals surface area (Å²) in [4.78, 5) is 11.2. The number of benzene rings is 1. The van der Waals surface area contributed by atoms with Gasteiger partial charge in [0.15, 0.2) is 0 Å². The molecular formula is C13H15ClFNO4S. The molecule has 0 saturated carbocycles. The fourth-order valence-corrected chi connectivity index (χ4v) is 3.08. The molecule has 0 radical (unpaired) electrons. The van der Waals surface area contributed by atoms with Crippen LogP contribution in [0.1, 0.15) is 29.6 Å². The van der Waals surface area contributed by atoms with Gasteiger partial charge in [-0.1, -0.05) is 0 Å². The van der Waals surface area contributed by atoms with Gasteiger partial charge in [-0.05, 0) is 37.5 Å². The molecule has 1 amide bonds. The van der Waals surface area contributed by atoms with Gasteiger partial charge in [0, 0.05) is 29.4 Å². The molecule has 1 aliphatic heterocycles. The normalized spacial score (nSPS) is 18.7. The Kier molecular flexibility index (Phi) is 5.18. The van der Waals surface area contributed by atoms with E-state index in [0.717, 1.165) is 31.6 Å². The number of ether oxygens (including phenoxy) is 1. The molecule has 116 valence electrons. The zero-order valence-electron chi connectivity index (χ0n) is 11.1. The second-order valence-corrected chi connectivity index (χ2v) is 7.30. The quantitative estimate of drug-likeness (QED) is 0.836. The summed E-state index contributed by atoms with van der Waals surface area (Å²) in [6.45, 7) is 1.15. The Morgan fingerprint density at radius 3 is 2.86 bits per heavy atom. The third-order valence-electron chi connectivity index (χ3n) is 3.23. The Hall–Kier alpha value is -1.18. The lowest BCUT2D eigenvalue weighted by Crippen LogP contribution is -2.27. The Balaban J connectivity index is 1.99. The number of hydrogen-bond donors (Lipinski definition) is 1. The molecule has 1 aromatic rings. The van der Waals surface area contributed by atoms with E-state index >= 15 is 0 Å². The molecule has 5 nitrogen and oxygen atoms in total.